The van der Waals surface area contributed by atoms with E-state index >= 15 is 0 Å². The maximum absolute atomic E-state index is 11.7. The van der Waals surface area contributed by atoms with Crippen molar-refractivity contribution in [3.8, 4) is 11.5 Å². The molecule has 2 rings (SSSR count). The first-order valence-electron chi connectivity index (χ1n) is 4.49. The van der Waals surface area contributed by atoms with E-state index in [-0.39, 0.29) is 12.6 Å². The second-order valence-corrected chi connectivity index (χ2v) is 3.99. The number of carbonyl (C=O) groups excluding carboxylic acids is 1. The van der Waals surface area contributed by atoms with E-state index < -0.39 is 0 Å². The first-order valence-corrected chi connectivity index (χ1v) is 5.28. The lowest BCUT2D eigenvalue weighted by molar-refractivity contribution is 0.0992. The van der Waals surface area contributed by atoms with E-state index in [1.54, 1.807) is 19.2 Å². The van der Waals surface area contributed by atoms with Gasteiger partial charge in [0.15, 0.2) is 17.3 Å². The third kappa shape index (κ3) is 1.98. The Labute approximate surface area is 95.7 Å². The number of likely N-dealkylation sites (N-methyl/N-ethyl adjacent to an activating group) is 1. The highest BCUT2D eigenvalue weighted by atomic mass is 79.9. The Bertz CT molecular complexity index is 406. The third-order valence-corrected chi connectivity index (χ3v) is 2.76. The van der Waals surface area contributed by atoms with Crippen molar-refractivity contribution >= 4 is 21.7 Å². The summed E-state index contributed by atoms with van der Waals surface area (Å²) in [6.07, 6.45) is 0. The molecule has 1 aliphatic heterocycles. The Balaban J connectivity index is 2.36. The van der Waals surface area contributed by atoms with Crippen LogP contribution in [0.1, 0.15) is 10.4 Å². The number of carbonyl (C=O) groups is 1. The maximum atomic E-state index is 11.7. The van der Waals surface area contributed by atoms with Gasteiger partial charge in [-0.1, -0.05) is 0 Å². The molecule has 0 aromatic heterocycles. The molecule has 0 atom stereocenters. The predicted octanol–water partition coefficient (Wildman–Crippen LogP) is 1.58. The van der Waals surface area contributed by atoms with E-state index in [1.807, 2.05) is 0 Å². The minimum Gasteiger partial charge on any atom is -0.454 e. The van der Waals surface area contributed by atoms with Crippen LogP contribution >= 0.6 is 15.9 Å². The molecule has 80 valence electrons. The predicted molar refractivity (Wildman–Crippen MR) is 58.5 cm³/mol. The van der Waals surface area contributed by atoms with Gasteiger partial charge >= 0.3 is 0 Å². The smallest absolute Gasteiger partial charge is 0.231 e. The van der Waals surface area contributed by atoms with Crippen molar-refractivity contribution in [2.75, 3.05) is 20.4 Å². The molecule has 0 aliphatic carbocycles. The van der Waals surface area contributed by atoms with Crippen molar-refractivity contribution in [1.82, 2.24) is 5.32 Å². The van der Waals surface area contributed by atoms with E-state index in [9.17, 15) is 4.79 Å². The minimum absolute atomic E-state index is 0.0164. The summed E-state index contributed by atoms with van der Waals surface area (Å²) in [5.41, 5.74) is 0.605. The van der Waals surface area contributed by atoms with Crippen molar-refractivity contribution in [3.63, 3.8) is 0 Å². The zero-order valence-corrected chi connectivity index (χ0v) is 9.76. The van der Waals surface area contributed by atoms with Crippen LogP contribution < -0.4 is 14.8 Å². The summed E-state index contributed by atoms with van der Waals surface area (Å²) >= 11 is 3.34. The van der Waals surface area contributed by atoms with Crippen molar-refractivity contribution in [3.05, 3.63) is 22.2 Å². The number of nitrogens with one attached hydrogen (secondary N) is 1. The number of hydrogen-bond acceptors (Lipinski definition) is 4. The van der Waals surface area contributed by atoms with Crippen LogP contribution in [-0.4, -0.2) is 26.2 Å². The van der Waals surface area contributed by atoms with Crippen LogP contribution in [0.4, 0.5) is 0 Å². The molecule has 1 N–H and O–H groups in total. The molecule has 0 saturated carbocycles. The summed E-state index contributed by atoms with van der Waals surface area (Å²) < 4.78 is 11.1. The molecule has 0 radical (unpaired) electrons. The molecule has 0 spiro atoms. The second kappa shape index (κ2) is 4.20. The fraction of sp³-hybridized carbons (Fsp3) is 0.300. The zero-order chi connectivity index (χ0) is 10.8. The van der Waals surface area contributed by atoms with Crippen LogP contribution in [0.2, 0.25) is 0 Å². The lowest BCUT2D eigenvalue weighted by atomic mass is 10.1. The van der Waals surface area contributed by atoms with E-state index in [4.69, 9.17) is 9.47 Å². The number of ketones is 1. The molecule has 1 aromatic carbocycles. The summed E-state index contributed by atoms with van der Waals surface area (Å²) in [4.78, 5) is 11.7. The number of fused-ring (bicyclic) bond motifs is 1. The average Bonchev–Trinajstić information content (AvgIpc) is 2.63. The van der Waals surface area contributed by atoms with Gasteiger partial charge in [-0.3, -0.25) is 4.79 Å². The molecular formula is C10H10BrNO3. The summed E-state index contributed by atoms with van der Waals surface area (Å²) in [6, 6.07) is 3.46. The van der Waals surface area contributed by atoms with Crippen molar-refractivity contribution in [2.24, 2.45) is 0 Å². The Kier molecular flexibility index (Phi) is 2.93. The first kappa shape index (κ1) is 10.4. The van der Waals surface area contributed by atoms with E-state index in [2.05, 4.69) is 21.2 Å². The van der Waals surface area contributed by atoms with Gasteiger partial charge in [0, 0.05) is 10.0 Å². The van der Waals surface area contributed by atoms with Crippen LogP contribution in [0, 0.1) is 0 Å². The van der Waals surface area contributed by atoms with Gasteiger partial charge in [-0.2, -0.15) is 0 Å². The number of hydrogen-bond donors (Lipinski definition) is 1. The van der Waals surface area contributed by atoms with Gasteiger partial charge in [0.2, 0.25) is 6.79 Å². The molecule has 0 saturated heterocycles. The molecule has 1 aromatic rings. The van der Waals surface area contributed by atoms with Gasteiger partial charge in [-0.15, -0.1) is 0 Å². The summed E-state index contributed by atoms with van der Waals surface area (Å²) in [7, 11) is 1.73. The molecule has 1 aliphatic rings. The van der Waals surface area contributed by atoms with E-state index in [0.717, 1.165) is 4.47 Å². The monoisotopic (exact) mass is 271 g/mol. The quantitative estimate of drug-likeness (QED) is 0.849. The normalized spacial score (nSPS) is 12.9. The molecule has 0 bridgehead atoms. The van der Waals surface area contributed by atoms with Gasteiger partial charge < -0.3 is 14.8 Å². The van der Waals surface area contributed by atoms with Crippen LogP contribution in [0.15, 0.2) is 16.6 Å². The van der Waals surface area contributed by atoms with Gasteiger partial charge in [0.1, 0.15) is 0 Å². The van der Waals surface area contributed by atoms with E-state index in [1.165, 1.54) is 0 Å². The molecule has 1 heterocycles. The molecular weight excluding hydrogens is 262 g/mol. The van der Waals surface area contributed by atoms with E-state index in [0.29, 0.717) is 23.6 Å². The van der Waals surface area contributed by atoms with Crippen LogP contribution in [-0.2, 0) is 0 Å². The summed E-state index contributed by atoms with van der Waals surface area (Å²) in [5.74, 6) is 1.31. The molecule has 0 amide bonds. The Morgan fingerprint density at radius 1 is 1.47 bits per heavy atom. The summed E-state index contributed by atoms with van der Waals surface area (Å²) in [6.45, 7) is 0.518. The topological polar surface area (TPSA) is 47.6 Å². The number of ether oxygens (including phenoxy) is 2. The number of rotatable bonds is 3. The molecule has 15 heavy (non-hydrogen) atoms. The van der Waals surface area contributed by atoms with Gasteiger partial charge in [0.05, 0.1) is 6.54 Å². The lowest BCUT2D eigenvalue weighted by Crippen LogP contribution is -2.18. The van der Waals surface area contributed by atoms with Crippen LogP contribution in [0.5, 0.6) is 11.5 Å². The van der Waals surface area contributed by atoms with Gasteiger partial charge in [-0.25, -0.2) is 0 Å². The SMILES string of the molecule is CNCC(=O)c1cc2c(cc1Br)OCO2. The van der Waals surface area contributed by atoms with Crippen molar-refractivity contribution in [1.29, 1.82) is 0 Å². The van der Waals surface area contributed by atoms with Crippen molar-refractivity contribution < 1.29 is 14.3 Å². The Hall–Kier alpha value is -1.07. The highest BCUT2D eigenvalue weighted by Gasteiger charge is 2.19. The van der Waals surface area contributed by atoms with Crippen LogP contribution in [0.25, 0.3) is 0 Å². The van der Waals surface area contributed by atoms with Gasteiger partial charge in [0.25, 0.3) is 0 Å². The molecule has 4 nitrogen and oxygen atoms in total. The highest BCUT2D eigenvalue weighted by Crippen LogP contribution is 2.36. The summed E-state index contributed by atoms with van der Waals surface area (Å²) in [5, 5.41) is 2.82. The highest BCUT2D eigenvalue weighted by molar-refractivity contribution is 9.10. The third-order valence-electron chi connectivity index (χ3n) is 2.10. The Morgan fingerprint density at radius 2 is 2.13 bits per heavy atom. The maximum Gasteiger partial charge on any atom is 0.231 e. The van der Waals surface area contributed by atoms with Gasteiger partial charge in [-0.05, 0) is 35.1 Å². The van der Waals surface area contributed by atoms with Crippen LogP contribution in [0.3, 0.4) is 0 Å². The first-order chi connectivity index (χ1) is 7.22. The zero-order valence-electron chi connectivity index (χ0n) is 8.17. The fourth-order valence-corrected chi connectivity index (χ4v) is 1.93. The second-order valence-electron chi connectivity index (χ2n) is 3.14. The minimum atomic E-state index is 0.0164. The number of halogens is 1. The Morgan fingerprint density at radius 3 is 2.80 bits per heavy atom. The molecule has 0 fully saturated rings. The number of benzene rings is 1. The van der Waals surface area contributed by atoms with Crippen molar-refractivity contribution in [2.45, 2.75) is 0 Å². The number of Topliss-reactive ketones (excluding diaryl/α,β-unsaturated/α-hetero) is 1. The fourth-order valence-electron chi connectivity index (χ4n) is 1.39. The average molecular weight is 272 g/mol. The molecule has 5 heteroatoms. The standard InChI is InChI=1S/C10H10BrNO3/c1-12-4-8(13)6-2-9-10(3-7(6)11)15-5-14-9/h2-3,12H,4-5H2,1H3. The largest absolute Gasteiger partial charge is 0.454 e. The molecule has 0 unspecified atom stereocenters. The lowest BCUT2D eigenvalue weighted by Gasteiger charge is -2.04.